The molecule has 1 aliphatic rings. The van der Waals surface area contributed by atoms with Crippen molar-refractivity contribution >= 4 is 52.1 Å². The number of anilines is 2. The maximum Gasteiger partial charge on any atom is 0.238 e. The van der Waals surface area contributed by atoms with Gasteiger partial charge in [-0.3, -0.25) is 9.69 Å². The second-order valence-corrected chi connectivity index (χ2v) is 7.11. The van der Waals surface area contributed by atoms with Crippen molar-refractivity contribution in [3.63, 3.8) is 0 Å². The fourth-order valence-electron chi connectivity index (χ4n) is 2.80. The van der Waals surface area contributed by atoms with E-state index in [2.05, 4.69) is 15.1 Å². The van der Waals surface area contributed by atoms with Gasteiger partial charge in [0.2, 0.25) is 5.91 Å². The summed E-state index contributed by atoms with van der Waals surface area (Å²) in [7, 11) is 0. The first kappa shape index (κ1) is 18.3. The van der Waals surface area contributed by atoms with E-state index in [9.17, 15) is 4.79 Å². The van der Waals surface area contributed by atoms with Crippen LogP contribution in [0.3, 0.4) is 0 Å². The van der Waals surface area contributed by atoms with E-state index in [-0.39, 0.29) is 5.91 Å². The van der Waals surface area contributed by atoms with Gasteiger partial charge in [-0.1, -0.05) is 46.9 Å². The molecule has 1 saturated heterocycles. The predicted octanol–water partition coefficient (Wildman–Crippen LogP) is 4.41. The van der Waals surface area contributed by atoms with Crippen LogP contribution in [0, 0.1) is 0 Å². The lowest BCUT2D eigenvalue weighted by Crippen LogP contribution is -2.48. The van der Waals surface area contributed by atoms with E-state index in [1.807, 2.05) is 30.3 Å². The Balaban J connectivity index is 1.51. The highest BCUT2D eigenvalue weighted by Gasteiger charge is 2.20. The summed E-state index contributed by atoms with van der Waals surface area (Å²) >= 11 is 18.1. The molecule has 132 valence electrons. The summed E-state index contributed by atoms with van der Waals surface area (Å²) in [4.78, 5) is 16.6. The van der Waals surface area contributed by atoms with Gasteiger partial charge in [-0.2, -0.15) is 0 Å². The maximum atomic E-state index is 12.2. The van der Waals surface area contributed by atoms with Gasteiger partial charge in [0, 0.05) is 31.9 Å². The van der Waals surface area contributed by atoms with Gasteiger partial charge in [-0.05, 0) is 30.3 Å². The van der Waals surface area contributed by atoms with Crippen molar-refractivity contribution in [1.29, 1.82) is 0 Å². The third-order valence-electron chi connectivity index (χ3n) is 4.16. The lowest BCUT2D eigenvalue weighted by atomic mass is 10.2. The normalized spacial score (nSPS) is 15.2. The number of piperazine rings is 1. The molecule has 1 aliphatic heterocycles. The van der Waals surface area contributed by atoms with Gasteiger partial charge in [-0.25, -0.2) is 0 Å². The number of carbonyl (C=O) groups is 1. The molecular formula is C18H18Cl3N3O. The Morgan fingerprint density at radius 2 is 1.64 bits per heavy atom. The third kappa shape index (κ3) is 4.79. The van der Waals surface area contributed by atoms with Crippen LogP contribution in [0.1, 0.15) is 0 Å². The maximum absolute atomic E-state index is 12.2. The van der Waals surface area contributed by atoms with Crippen LogP contribution in [0.5, 0.6) is 0 Å². The summed E-state index contributed by atoms with van der Waals surface area (Å²) in [5.74, 6) is -0.0592. The number of benzene rings is 2. The Bertz CT molecular complexity index is 761. The summed E-state index contributed by atoms with van der Waals surface area (Å²) in [5, 5.41) is 4.51. The molecule has 0 spiro atoms. The minimum atomic E-state index is -0.0592. The smallest absolute Gasteiger partial charge is 0.238 e. The molecule has 1 N–H and O–H groups in total. The van der Waals surface area contributed by atoms with Crippen LogP contribution < -0.4 is 10.2 Å². The highest BCUT2D eigenvalue weighted by atomic mass is 35.5. The fourth-order valence-corrected chi connectivity index (χ4v) is 3.28. The van der Waals surface area contributed by atoms with Crippen molar-refractivity contribution in [2.75, 3.05) is 42.9 Å². The van der Waals surface area contributed by atoms with Gasteiger partial charge in [0.25, 0.3) is 0 Å². The summed E-state index contributed by atoms with van der Waals surface area (Å²) in [6.45, 7) is 3.61. The number of rotatable bonds is 4. The minimum Gasteiger partial charge on any atom is -0.369 e. The summed E-state index contributed by atoms with van der Waals surface area (Å²) in [5.41, 5.74) is 1.69. The Morgan fingerprint density at radius 1 is 0.920 bits per heavy atom. The van der Waals surface area contributed by atoms with Gasteiger partial charge >= 0.3 is 0 Å². The van der Waals surface area contributed by atoms with E-state index in [1.54, 1.807) is 12.1 Å². The standard InChI is InChI=1S/C18H18Cl3N3O/c19-14-6-5-13(11-16(14)21)24-9-7-23(8-10-24)12-18(25)22-17-4-2-1-3-15(17)20/h1-6,11H,7-10,12H2,(H,22,25). The number of nitrogens with zero attached hydrogens (tertiary/aromatic N) is 2. The Morgan fingerprint density at radius 3 is 2.32 bits per heavy atom. The van der Waals surface area contributed by atoms with Crippen LogP contribution in [-0.2, 0) is 4.79 Å². The van der Waals surface area contributed by atoms with Crippen molar-refractivity contribution in [3.8, 4) is 0 Å². The minimum absolute atomic E-state index is 0.0592. The molecule has 2 aromatic rings. The topological polar surface area (TPSA) is 35.6 Å². The van der Waals surface area contributed by atoms with Crippen molar-refractivity contribution in [3.05, 3.63) is 57.5 Å². The predicted molar refractivity (Wildman–Crippen MR) is 105 cm³/mol. The molecule has 7 heteroatoms. The number of carbonyl (C=O) groups excluding carboxylic acids is 1. The second-order valence-electron chi connectivity index (χ2n) is 5.89. The molecule has 2 aromatic carbocycles. The molecular weight excluding hydrogens is 381 g/mol. The first-order chi connectivity index (χ1) is 12.0. The zero-order valence-electron chi connectivity index (χ0n) is 13.5. The third-order valence-corrected chi connectivity index (χ3v) is 5.22. The molecule has 0 bridgehead atoms. The van der Waals surface area contributed by atoms with Crippen molar-refractivity contribution < 1.29 is 4.79 Å². The van der Waals surface area contributed by atoms with E-state index < -0.39 is 0 Å². The number of hydrogen-bond acceptors (Lipinski definition) is 3. The molecule has 0 aromatic heterocycles. The first-order valence-electron chi connectivity index (χ1n) is 7.99. The zero-order valence-corrected chi connectivity index (χ0v) is 15.8. The average Bonchev–Trinajstić information content (AvgIpc) is 2.60. The summed E-state index contributed by atoms with van der Waals surface area (Å²) in [6, 6.07) is 12.9. The molecule has 0 unspecified atom stereocenters. The Labute approximate surface area is 162 Å². The van der Waals surface area contributed by atoms with Crippen LogP contribution in [0.15, 0.2) is 42.5 Å². The van der Waals surface area contributed by atoms with E-state index in [1.165, 1.54) is 0 Å². The van der Waals surface area contributed by atoms with Crippen LogP contribution >= 0.6 is 34.8 Å². The fraction of sp³-hybridized carbons (Fsp3) is 0.278. The molecule has 0 atom stereocenters. The van der Waals surface area contributed by atoms with E-state index in [0.717, 1.165) is 31.9 Å². The van der Waals surface area contributed by atoms with E-state index in [4.69, 9.17) is 34.8 Å². The molecule has 0 radical (unpaired) electrons. The molecule has 0 aliphatic carbocycles. The first-order valence-corrected chi connectivity index (χ1v) is 9.13. The highest BCUT2D eigenvalue weighted by molar-refractivity contribution is 6.42. The monoisotopic (exact) mass is 397 g/mol. The van der Waals surface area contributed by atoms with Gasteiger partial charge in [0.05, 0.1) is 27.3 Å². The van der Waals surface area contributed by atoms with Gasteiger partial charge in [0.15, 0.2) is 0 Å². The SMILES string of the molecule is O=C(CN1CCN(c2ccc(Cl)c(Cl)c2)CC1)Nc1ccccc1Cl. The largest absolute Gasteiger partial charge is 0.369 e. The lowest BCUT2D eigenvalue weighted by Gasteiger charge is -2.35. The molecule has 3 rings (SSSR count). The Hall–Kier alpha value is -1.46. The second kappa shape index (κ2) is 8.28. The van der Waals surface area contributed by atoms with Crippen molar-refractivity contribution in [1.82, 2.24) is 4.90 Å². The molecule has 1 heterocycles. The van der Waals surface area contributed by atoms with E-state index in [0.29, 0.717) is 27.3 Å². The molecule has 4 nitrogen and oxygen atoms in total. The number of halogens is 3. The average molecular weight is 399 g/mol. The lowest BCUT2D eigenvalue weighted by molar-refractivity contribution is -0.117. The molecule has 25 heavy (non-hydrogen) atoms. The molecule has 1 fully saturated rings. The van der Waals surface area contributed by atoms with Gasteiger partial charge in [-0.15, -0.1) is 0 Å². The number of amides is 1. The Kier molecular flexibility index (Phi) is 6.07. The van der Waals surface area contributed by atoms with Crippen LogP contribution in [0.4, 0.5) is 11.4 Å². The summed E-state index contributed by atoms with van der Waals surface area (Å²) < 4.78 is 0. The van der Waals surface area contributed by atoms with Crippen LogP contribution in [0.2, 0.25) is 15.1 Å². The van der Waals surface area contributed by atoms with Crippen molar-refractivity contribution in [2.45, 2.75) is 0 Å². The van der Waals surface area contributed by atoms with Crippen LogP contribution in [-0.4, -0.2) is 43.5 Å². The molecule has 1 amide bonds. The van der Waals surface area contributed by atoms with Crippen LogP contribution in [0.25, 0.3) is 0 Å². The number of nitrogens with one attached hydrogen (secondary N) is 1. The summed E-state index contributed by atoms with van der Waals surface area (Å²) in [6.07, 6.45) is 0. The highest BCUT2D eigenvalue weighted by Crippen LogP contribution is 2.27. The number of para-hydroxylation sites is 1. The zero-order chi connectivity index (χ0) is 17.8. The van der Waals surface area contributed by atoms with Gasteiger partial charge in [0.1, 0.15) is 0 Å². The van der Waals surface area contributed by atoms with Gasteiger partial charge < -0.3 is 10.2 Å². The van der Waals surface area contributed by atoms with Crippen molar-refractivity contribution in [2.24, 2.45) is 0 Å². The quantitative estimate of drug-likeness (QED) is 0.829. The molecule has 0 saturated carbocycles. The van der Waals surface area contributed by atoms with E-state index >= 15 is 0 Å². The number of hydrogen-bond donors (Lipinski definition) is 1.